The maximum atomic E-state index is 13.6. The van der Waals surface area contributed by atoms with Gasteiger partial charge in [0.1, 0.15) is 5.82 Å². The minimum absolute atomic E-state index is 0.0252. The predicted octanol–water partition coefficient (Wildman–Crippen LogP) is 4.50. The van der Waals surface area contributed by atoms with E-state index >= 15 is 0 Å². The standard InChI is InChI=1S/C20H23FN2O4S.C2HF3O2/c1-13-7-9-23(10-8-13)18-6-4-15(20(24)25)11-17(18)22-28(26,27)19-12-16(21)5-3-14(19)2;3-2(4,5)1(6)7/h3-6,11-13,22H,7-10H2,1-2H3,(H,24,25);(H,6,7). The summed E-state index contributed by atoms with van der Waals surface area (Å²) in [6, 6.07) is 7.93. The first-order valence-corrected chi connectivity index (χ1v) is 11.8. The van der Waals surface area contributed by atoms with Crippen LogP contribution >= 0.6 is 0 Å². The summed E-state index contributed by atoms with van der Waals surface area (Å²) in [7, 11) is -4.09. The van der Waals surface area contributed by atoms with Gasteiger partial charge in [0, 0.05) is 13.1 Å². The Balaban J connectivity index is 0.000000540. The van der Waals surface area contributed by atoms with Crippen molar-refractivity contribution in [1.29, 1.82) is 0 Å². The molecule has 13 heteroatoms. The highest BCUT2D eigenvalue weighted by molar-refractivity contribution is 7.92. The van der Waals surface area contributed by atoms with Crippen LogP contribution in [0.15, 0.2) is 41.3 Å². The van der Waals surface area contributed by atoms with E-state index in [1.54, 1.807) is 13.0 Å². The van der Waals surface area contributed by atoms with Gasteiger partial charge in [0.2, 0.25) is 0 Å². The number of aliphatic carboxylic acids is 1. The summed E-state index contributed by atoms with van der Waals surface area (Å²) in [5, 5.41) is 16.4. The maximum Gasteiger partial charge on any atom is 0.490 e. The molecule has 0 spiro atoms. The fraction of sp³-hybridized carbons (Fsp3) is 0.364. The lowest BCUT2D eigenvalue weighted by Crippen LogP contribution is -2.33. The molecular formula is C22H24F4N2O6S. The fourth-order valence-electron chi connectivity index (χ4n) is 3.34. The zero-order valence-electron chi connectivity index (χ0n) is 18.8. The number of nitrogens with one attached hydrogen (secondary N) is 1. The number of anilines is 2. The van der Waals surface area contributed by atoms with E-state index in [-0.39, 0.29) is 16.1 Å². The lowest BCUT2D eigenvalue weighted by molar-refractivity contribution is -0.192. The first-order chi connectivity index (χ1) is 16.1. The number of sulfonamides is 1. The molecule has 0 amide bonds. The molecule has 2 aromatic carbocycles. The highest BCUT2D eigenvalue weighted by Crippen LogP contribution is 2.33. The van der Waals surface area contributed by atoms with Crippen molar-refractivity contribution >= 4 is 33.3 Å². The van der Waals surface area contributed by atoms with Crippen molar-refractivity contribution in [3.63, 3.8) is 0 Å². The van der Waals surface area contributed by atoms with Crippen LogP contribution < -0.4 is 9.62 Å². The Bertz CT molecular complexity index is 1190. The Labute approximate surface area is 199 Å². The van der Waals surface area contributed by atoms with Gasteiger partial charge in [-0.15, -0.1) is 0 Å². The second-order valence-electron chi connectivity index (χ2n) is 8.02. The van der Waals surface area contributed by atoms with Crippen LogP contribution in [-0.4, -0.2) is 49.8 Å². The van der Waals surface area contributed by atoms with Crippen molar-refractivity contribution in [2.24, 2.45) is 5.92 Å². The van der Waals surface area contributed by atoms with E-state index < -0.39 is 34.0 Å². The number of nitrogens with zero attached hydrogens (tertiary/aromatic N) is 1. The van der Waals surface area contributed by atoms with Crippen LogP contribution in [0.25, 0.3) is 0 Å². The van der Waals surface area contributed by atoms with E-state index in [1.807, 2.05) is 4.90 Å². The van der Waals surface area contributed by atoms with Crippen molar-refractivity contribution in [3.8, 4) is 0 Å². The van der Waals surface area contributed by atoms with E-state index in [0.717, 1.165) is 32.0 Å². The van der Waals surface area contributed by atoms with Crippen LogP contribution in [0.5, 0.6) is 0 Å². The van der Waals surface area contributed by atoms with Crippen molar-refractivity contribution in [3.05, 3.63) is 53.3 Å². The smallest absolute Gasteiger partial charge is 0.478 e. The Morgan fingerprint density at radius 2 is 1.63 bits per heavy atom. The number of benzene rings is 2. The van der Waals surface area contributed by atoms with Gasteiger partial charge < -0.3 is 15.1 Å². The van der Waals surface area contributed by atoms with E-state index in [2.05, 4.69) is 11.6 Å². The normalized spacial score (nSPS) is 14.6. The molecule has 35 heavy (non-hydrogen) atoms. The second-order valence-corrected chi connectivity index (χ2v) is 9.68. The van der Waals surface area contributed by atoms with Gasteiger partial charge >= 0.3 is 18.1 Å². The van der Waals surface area contributed by atoms with Gasteiger partial charge in [-0.2, -0.15) is 13.2 Å². The average Bonchev–Trinajstić information content (AvgIpc) is 2.75. The summed E-state index contributed by atoms with van der Waals surface area (Å²) < 4.78 is 73.6. The molecule has 0 saturated carbocycles. The fourth-order valence-corrected chi connectivity index (χ4v) is 4.66. The van der Waals surface area contributed by atoms with Crippen LogP contribution in [0.4, 0.5) is 28.9 Å². The highest BCUT2D eigenvalue weighted by atomic mass is 32.2. The Hall–Kier alpha value is -3.35. The monoisotopic (exact) mass is 520 g/mol. The molecular weight excluding hydrogens is 496 g/mol. The van der Waals surface area contributed by atoms with Crippen LogP contribution in [0.3, 0.4) is 0 Å². The molecule has 0 atom stereocenters. The number of aryl methyl sites for hydroxylation is 1. The average molecular weight is 521 g/mol. The molecule has 1 saturated heterocycles. The molecule has 8 nitrogen and oxygen atoms in total. The summed E-state index contributed by atoms with van der Waals surface area (Å²) in [6.45, 7) is 5.25. The number of piperidine rings is 1. The number of carbonyl (C=O) groups is 2. The van der Waals surface area contributed by atoms with Gasteiger partial charge in [-0.25, -0.2) is 22.4 Å². The van der Waals surface area contributed by atoms with E-state index in [0.29, 0.717) is 17.2 Å². The molecule has 1 aliphatic heterocycles. The summed E-state index contributed by atoms with van der Waals surface area (Å²) in [4.78, 5) is 22.1. The van der Waals surface area contributed by atoms with Crippen LogP contribution in [-0.2, 0) is 14.8 Å². The van der Waals surface area contributed by atoms with Gasteiger partial charge in [-0.05, 0) is 61.6 Å². The molecule has 1 fully saturated rings. The number of carboxylic acids is 2. The molecule has 192 valence electrons. The molecule has 0 bridgehead atoms. The zero-order chi connectivity index (χ0) is 26.6. The van der Waals surface area contributed by atoms with Gasteiger partial charge in [-0.1, -0.05) is 13.0 Å². The van der Waals surface area contributed by atoms with Gasteiger partial charge in [0.15, 0.2) is 0 Å². The van der Waals surface area contributed by atoms with Crippen molar-refractivity contribution < 1.29 is 45.8 Å². The molecule has 0 aliphatic carbocycles. The van der Waals surface area contributed by atoms with Crippen LogP contribution in [0.1, 0.15) is 35.7 Å². The van der Waals surface area contributed by atoms with E-state index in [9.17, 15) is 35.9 Å². The molecule has 3 rings (SSSR count). The van der Waals surface area contributed by atoms with E-state index in [4.69, 9.17) is 9.90 Å². The summed E-state index contributed by atoms with van der Waals surface area (Å²) >= 11 is 0. The topological polar surface area (TPSA) is 124 Å². The minimum Gasteiger partial charge on any atom is -0.478 e. The molecule has 1 heterocycles. The van der Waals surface area contributed by atoms with Crippen molar-refractivity contribution in [2.75, 3.05) is 22.7 Å². The molecule has 2 aromatic rings. The quantitative estimate of drug-likeness (QED) is 0.496. The molecule has 0 aromatic heterocycles. The molecule has 0 unspecified atom stereocenters. The predicted molar refractivity (Wildman–Crippen MR) is 120 cm³/mol. The lowest BCUT2D eigenvalue weighted by Gasteiger charge is -2.33. The Morgan fingerprint density at radius 3 is 2.14 bits per heavy atom. The number of halogens is 4. The number of hydrogen-bond donors (Lipinski definition) is 3. The lowest BCUT2D eigenvalue weighted by atomic mass is 9.98. The second kappa shape index (κ2) is 10.9. The molecule has 1 aliphatic rings. The summed E-state index contributed by atoms with van der Waals surface area (Å²) in [5.41, 5.74) is 1.17. The zero-order valence-corrected chi connectivity index (χ0v) is 19.6. The summed E-state index contributed by atoms with van der Waals surface area (Å²) in [5.74, 6) is -3.98. The minimum atomic E-state index is -5.08. The Morgan fingerprint density at radius 1 is 1.06 bits per heavy atom. The molecule has 3 N–H and O–H groups in total. The molecule has 0 radical (unpaired) electrons. The Kier molecular flexibility index (Phi) is 8.71. The van der Waals surface area contributed by atoms with Gasteiger partial charge in [0.05, 0.1) is 21.8 Å². The number of rotatable bonds is 5. The third kappa shape index (κ3) is 7.57. The highest BCUT2D eigenvalue weighted by Gasteiger charge is 2.38. The first-order valence-electron chi connectivity index (χ1n) is 10.3. The van der Waals surface area contributed by atoms with Crippen molar-refractivity contribution in [1.82, 2.24) is 0 Å². The largest absolute Gasteiger partial charge is 0.490 e. The third-order valence-electron chi connectivity index (χ3n) is 5.29. The SMILES string of the molecule is Cc1ccc(F)cc1S(=O)(=O)Nc1cc(C(=O)O)ccc1N1CCC(C)CC1.O=C(O)C(F)(F)F. The number of carboxylic acid groups (broad SMARTS) is 2. The number of alkyl halides is 3. The maximum absolute atomic E-state index is 13.6. The number of aromatic carboxylic acids is 1. The third-order valence-corrected chi connectivity index (χ3v) is 6.80. The summed E-state index contributed by atoms with van der Waals surface area (Å²) in [6.07, 6.45) is -3.15. The van der Waals surface area contributed by atoms with Crippen LogP contribution in [0.2, 0.25) is 0 Å². The van der Waals surface area contributed by atoms with Gasteiger partial charge in [0.25, 0.3) is 10.0 Å². The number of hydrogen-bond acceptors (Lipinski definition) is 5. The van der Waals surface area contributed by atoms with Crippen molar-refractivity contribution in [2.45, 2.75) is 37.8 Å². The van der Waals surface area contributed by atoms with Crippen LogP contribution in [0, 0.1) is 18.7 Å². The van der Waals surface area contributed by atoms with Gasteiger partial charge in [-0.3, -0.25) is 4.72 Å². The van der Waals surface area contributed by atoms with E-state index in [1.165, 1.54) is 24.3 Å². The first kappa shape index (κ1) is 27.9.